The number of hydrogen-bond acceptors (Lipinski definition) is 7. The molecule has 2 aromatic heterocycles. The van der Waals surface area contributed by atoms with Crippen LogP contribution in [0.2, 0.25) is 0 Å². The first-order valence-corrected chi connectivity index (χ1v) is 14.3. The molecule has 4 N–H and O–H groups in total. The lowest BCUT2D eigenvalue weighted by atomic mass is 9.79. The summed E-state index contributed by atoms with van der Waals surface area (Å²) in [6.07, 6.45) is 5.63. The highest BCUT2D eigenvalue weighted by atomic mass is 35.5. The van der Waals surface area contributed by atoms with Gasteiger partial charge in [0.15, 0.2) is 0 Å². The van der Waals surface area contributed by atoms with Crippen LogP contribution in [0.5, 0.6) is 0 Å². The zero-order valence-electron chi connectivity index (χ0n) is 20.4. The molecule has 5 heterocycles. The second-order valence-electron chi connectivity index (χ2n) is 10.0. The maximum atomic E-state index is 12.6. The van der Waals surface area contributed by atoms with Crippen LogP contribution in [0.25, 0.3) is 4.83 Å². The van der Waals surface area contributed by atoms with Gasteiger partial charge in [0.1, 0.15) is 18.1 Å². The predicted octanol–water partition coefficient (Wildman–Crippen LogP) is 1.31. The first-order chi connectivity index (χ1) is 17.1. The molecule has 0 unspecified atom stereocenters. The number of rotatable bonds is 9. The first-order valence-electron chi connectivity index (χ1n) is 12.2. The molecule has 9 nitrogen and oxygen atoms in total. The highest BCUT2D eigenvalue weighted by Crippen LogP contribution is 2.52. The molecule has 0 aliphatic carbocycles. The van der Waals surface area contributed by atoms with Gasteiger partial charge in [-0.2, -0.15) is 4.40 Å². The van der Waals surface area contributed by atoms with E-state index in [-0.39, 0.29) is 29.0 Å². The largest absolute Gasteiger partial charge is 0.393 e. The SMILES string of the molecule is Cc1n2cc(C[C@@H]3C[C@H](SC4=C(C(=O)Cl)N5C(=O)[C@H]([C@@H](C)O)[C@H]5[C@H]4C)CN3)sc2c[n+]1CCC(N)=O. The Bertz CT molecular complexity index is 1270. The summed E-state index contributed by atoms with van der Waals surface area (Å²) in [4.78, 5) is 40.8. The number of halogens is 1. The van der Waals surface area contributed by atoms with Crippen LogP contribution in [0.4, 0.5) is 0 Å². The average Bonchev–Trinajstić information content (AvgIpc) is 3.52. The van der Waals surface area contributed by atoms with Crippen molar-refractivity contribution in [3.63, 3.8) is 0 Å². The highest BCUT2D eigenvalue weighted by Gasteiger charge is 2.59. The number of aliphatic hydroxyl groups excluding tert-OH is 1. The van der Waals surface area contributed by atoms with Crippen molar-refractivity contribution in [2.45, 2.75) is 70.0 Å². The molecule has 0 saturated carbocycles. The summed E-state index contributed by atoms with van der Waals surface area (Å²) in [5.41, 5.74) is 5.59. The molecule has 2 amide bonds. The Balaban J connectivity index is 1.24. The van der Waals surface area contributed by atoms with Gasteiger partial charge in [0.2, 0.25) is 16.6 Å². The van der Waals surface area contributed by atoms with Gasteiger partial charge in [0.25, 0.3) is 11.1 Å². The molecule has 2 aromatic rings. The Morgan fingerprint density at radius 1 is 1.44 bits per heavy atom. The highest BCUT2D eigenvalue weighted by molar-refractivity contribution is 8.03. The number of carbonyl (C=O) groups excluding carboxylic acids is 3. The van der Waals surface area contributed by atoms with Crippen LogP contribution in [0.15, 0.2) is 23.0 Å². The van der Waals surface area contributed by atoms with Gasteiger partial charge >= 0.3 is 0 Å². The number of nitrogens with one attached hydrogen (secondary N) is 1. The first kappa shape index (κ1) is 25.7. The van der Waals surface area contributed by atoms with Gasteiger partial charge in [-0.1, -0.05) is 18.3 Å². The number of fused-ring (bicyclic) bond motifs is 2. The second-order valence-corrected chi connectivity index (χ2v) is 12.8. The van der Waals surface area contributed by atoms with E-state index in [1.54, 1.807) is 30.0 Å². The van der Waals surface area contributed by atoms with E-state index in [0.29, 0.717) is 24.7 Å². The van der Waals surface area contributed by atoms with E-state index in [9.17, 15) is 19.5 Å². The van der Waals surface area contributed by atoms with Gasteiger partial charge in [-0.3, -0.25) is 14.4 Å². The number of aromatic nitrogens is 2. The minimum atomic E-state index is -0.756. The molecule has 0 radical (unpaired) electrons. The molecule has 3 aliphatic rings. The maximum absolute atomic E-state index is 12.6. The standard InChI is InChI=1S/C24H30ClN5O4S2/c1-11-20-19(12(2)31)24(34)30(20)21(23(25)33)22(11)36-15-6-14(27-8-15)7-16-9-29-13(3)28(5-4-17(26)32)10-18(29)35-16/h9-12,14-15,19-20,27,31H,4-8H2,1-3H3,(H-,26,32)/p+1/t11-,12-,14+,15+,19-,20-/m1/s1. The predicted molar refractivity (Wildman–Crippen MR) is 138 cm³/mol. The number of allylic oxidation sites excluding steroid dienone is 1. The molecule has 2 saturated heterocycles. The third kappa shape index (κ3) is 4.38. The van der Waals surface area contributed by atoms with Crippen molar-refractivity contribution in [1.29, 1.82) is 0 Å². The molecule has 0 spiro atoms. The summed E-state index contributed by atoms with van der Waals surface area (Å²) in [5.74, 6) is 0.0233. The fraction of sp³-hybridized carbons (Fsp3) is 0.583. The van der Waals surface area contributed by atoms with Crippen molar-refractivity contribution >= 4 is 56.6 Å². The lowest BCUT2D eigenvalue weighted by Crippen LogP contribution is -2.63. The summed E-state index contributed by atoms with van der Waals surface area (Å²) < 4.78 is 4.22. The zero-order valence-corrected chi connectivity index (χ0v) is 22.8. The number of aryl methyl sites for hydroxylation is 2. The van der Waals surface area contributed by atoms with E-state index in [1.165, 1.54) is 9.78 Å². The summed E-state index contributed by atoms with van der Waals surface area (Å²) in [5, 5.41) is 13.3. The lowest BCUT2D eigenvalue weighted by molar-refractivity contribution is -0.700. The van der Waals surface area contributed by atoms with Gasteiger partial charge in [0.05, 0.1) is 31.0 Å². The number of amides is 2. The summed E-state index contributed by atoms with van der Waals surface area (Å²) in [7, 11) is 0. The van der Waals surface area contributed by atoms with Crippen LogP contribution in [-0.2, 0) is 27.3 Å². The molecular weight excluding hydrogens is 522 g/mol. The van der Waals surface area contributed by atoms with E-state index in [0.717, 1.165) is 34.9 Å². The number of nitrogens with two attached hydrogens (primary N) is 1. The van der Waals surface area contributed by atoms with Crippen LogP contribution < -0.4 is 15.6 Å². The Labute approximate surface area is 222 Å². The van der Waals surface area contributed by atoms with Crippen molar-refractivity contribution in [3.05, 3.63) is 33.7 Å². The number of primary amides is 1. The van der Waals surface area contributed by atoms with E-state index in [2.05, 4.69) is 26.7 Å². The second kappa shape index (κ2) is 9.75. The summed E-state index contributed by atoms with van der Waals surface area (Å²) >= 11 is 9.32. The molecule has 2 fully saturated rings. The topological polar surface area (TPSA) is 121 Å². The number of aliphatic hydroxyl groups is 1. The van der Waals surface area contributed by atoms with E-state index >= 15 is 0 Å². The molecule has 36 heavy (non-hydrogen) atoms. The fourth-order valence-electron chi connectivity index (χ4n) is 5.79. The van der Waals surface area contributed by atoms with Crippen LogP contribution in [0.1, 0.15) is 37.4 Å². The van der Waals surface area contributed by atoms with Crippen LogP contribution in [0, 0.1) is 18.8 Å². The number of thiazole rings is 1. The minimum Gasteiger partial charge on any atom is -0.393 e. The third-order valence-corrected chi connectivity index (χ3v) is 10.3. The smallest absolute Gasteiger partial charge is 0.269 e. The quantitative estimate of drug-likeness (QED) is 0.245. The number of thioether (sulfide) groups is 1. The van der Waals surface area contributed by atoms with Crippen LogP contribution >= 0.6 is 34.7 Å². The Morgan fingerprint density at radius 2 is 2.19 bits per heavy atom. The van der Waals surface area contributed by atoms with E-state index in [4.69, 9.17) is 17.3 Å². The van der Waals surface area contributed by atoms with Gasteiger partial charge in [-0.05, 0) is 24.9 Å². The maximum Gasteiger partial charge on any atom is 0.269 e. The zero-order chi connectivity index (χ0) is 25.9. The lowest BCUT2D eigenvalue weighted by Gasteiger charge is -2.46. The number of hydrogen-bond donors (Lipinski definition) is 3. The molecular formula is C24H31ClN5O4S2+. The van der Waals surface area contributed by atoms with Crippen molar-refractivity contribution in [2.24, 2.45) is 17.6 Å². The van der Waals surface area contributed by atoms with Crippen molar-refractivity contribution in [1.82, 2.24) is 14.6 Å². The summed E-state index contributed by atoms with van der Waals surface area (Å²) in [6, 6.07) is 0.108. The molecule has 6 atom stereocenters. The number of imidazole rings is 1. The van der Waals surface area contributed by atoms with Gasteiger partial charge in [-0.15, -0.1) is 11.8 Å². The van der Waals surface area contributed by atoms with Crippen molar-refractivity contribution in [2.75, 3.05) is 6.54 Å². The molecule has 0 aromatic carbocycles. The molecule has 0 bridgehead atoms. The Hall–Kier alpha value is -1.92. The van der Waals surface area contributed by atoms with Gasteiger partial charge in [0, 0.05) is 46.9 Å². The van der Waals surface area contributed by atoms with Gasteiger partial charge in [-0.25, -0.2) is 4.57 Å². The molecule has 12 heteroatoms. The number of nitrogens with zero attached hydrogens (tertiary/aromatic N) is 3. The Morgan fingerprint density at radius 3 is 2.83 bits per heavy atom. The van der Waals surface area contributed by atoms with Crippen molar-refractivity contribution in [3.8, 4) is 0 Å². The van der Waals surface area contributed by atoms with Crippen LogP contribution in [0.3, 0.4) is 0 Å². The number of β-lactam (4-membered cyclic amide) rings is 1. The summed E-state index contributed by atoms with van der Waals surface area (Å²) in [6.45, 7) is 7.06. The van der Waals surface area contributed by atoms with Crippen molar-refractivity contribution < 1.29 is 24.1 Å². The monoisotopic (exact) mass is 552 g/mol. The van der Waals surface area contributed by atoms with E-state index < -0.39 is 17.3 Å². The molecule has 5 rings (SSSR count). The minimum absolute atomic E-state index is 0.0349. The molecule has 3 aliphatic heterocycles. The molecule has 194 valence electrons. The average molecular weight is 553 g/mol. The normalized spacial score (nSPS) is 28.6. The third-order valence-electron chi connectivity index (χ3n) is 7.59. The fourth-order valence-corrected chi connectivity index (χ4v) is 8.73. The number of carbonyl (C=O) groups is 3. The van der Waals surface area contributed by atoms with E-state index in [1.807, 2.05) is 13.8 Å². The van der Waals surface area contributed by atoms with Gasteiger partial charge < -0.3 is 21.1 Å². The Kier molecular flexibility index (Phi) is 6.97. The van der Waals surface area contributed by atoms with Crippen LogP contribution in [-0.4, -0.2) is 61.4 Å².